The van der Waals surface area contributed by atoms with Crippen molar-refractivity contribution < 1.29 is 22.0 Å². The van der Waals surface area contributed by atoms with Crippen molar-refractivity contribution in [1.82, 2.24) is 25.3 Å². The molecule has 7 nitrogen and oxygen atoms in total. The molecule has 1 saturated heterocycles. The van der Waals surface area contributed by atoms with Gasteiger partial charge in [-0.15, -0.1) is 20.4 Å². The van der Waals surface area contributed by atoms with Crippen molar-refractivity contribution in [3.63, 3.8) is 0 Å². The molecule has 0 amide bonds. The van der Waals surface area contributed by atoms with Gasteiger partial charge < -0.3 is 9.32 Å². The lowest BCUT2D eigenvalue weighted by Gasteiger charge is -2.34. The maximum absolute atomic E-state index is 13.3. The van der Waals surface area contributed by atoms with E-state index in [9.17, 15) is 17.6 Å². The number of alkyl halides is 3. The summed E-state index contributed by atoms with van der Waals surface area (Å²) >= 11 is 0. The number of hydrogen-bond acceptors (Lipinski definition) is 7. The summed E-state index contributed by atoms with van der Waals surface area (Å²) in [5.74, 6) is -1.06. The number of halogens is 4. The minimum atomic E-state index is -4.64. The highest BCUT2D eigenvalue weighted by molar-refractivity contribution is 5.59. The molecule has 0 atom stereocenters. The van der Waals surface area contributed by atoms with Gasteiger partial charge in [0.25, 0.3) is 0 Å². The number of nitrogens with zero attached hydrogens (tertiary/aromatic N) is 6. The van der Waals surface area contributed by atoms with E-state index < -0.39 is 12.1 Å². The maximum Gasteiger partial charge on any atom is 0.470 e. The molecule has 0 spiro atoms. The molecule has 0 radical (unpaired) electrons. The highest BCUT2D eigenvalue weighted by atomic mass is 19.4. The lowest BCUT2D eigenvalue weighted by Crippen LogP contribution is -2.46. The Bertz CT molecular complexity index is 967. The van der Waals surface area contributed by atoms with Crippen molar-refractivity contribution in [1.29, 1.82) is 0 Å². The van der Waals surface area contributed by atoms with Crippen molar-refractivity contribution >= 4 is 5.82 Å². The van der Waals surface area contributed by atoms with Gasteiger partial charge in [0.05, 0.1) is 12.2 Å². The molecule has 0 saturated carbocycles. The van der Waals surface area contributed by atoms with E-state index in [1.165, 1.54) is 12.1 Å². The zero-order valence-electron chi connectivity index (χ0n) is 15.1. The highest BCUT2D eigenvalue weighted by Crippen LogP contribution is 2.28. The van der Waals surface area contributed by atoms with Crippen LogP contribution in [0, 0.1) is 5.82 Å². The van der Waals surface area contributed by atoms with Crippen LogP contribution in [0.25, 0.3) is 11.3 Å². The largest absolute Gasteiger partial charge is 0.470 e. The fourth-order valence-corrected chi connectivity index (χ4v) is 3.05. The van der Waals surface area contributed by atoms with Gasteiger partial charge in [-0.25, -0.2) is 4.39 Å². The topological polar surface area (TPSA) is 71.2 Å². The van der Waals surface area contributed by atoms with E-state index in [0.717, 1.165) is 0 Å². The van der Waals surface area contributed by atoms with Crippen molar-refractivity contribution in [2.45, 2.75) is 12.7 Å². The SMILES string of the molecule is Fc1cccc(-c2ccc(N3CCN(Cc4nnc(C(F)(F)F)o4)CC3)nn2)c1. The number of benzene rings is 1. The first-order valence-corrected chi connectivity index (χ1v) is 8.85. The third-order valence-corrected chi connectivity index (χ3v) is 4.54. The lowest BCUT2D eigenvalue weighted by molar-refractivity contribution is -0.157. The zero-order chi connectivity index (χ0) is 20.4. The van der Waals surface area contributed by atoms with E-state index in [2.05, 4.69) is 24.8 Å². The summed E-state index contributed by atoms with van der Waals surface area (Å²) < 4.78 is 55.6. The molecule has 4 rings (SSSR count). The molecule has 1 aromatic carbocycles. The van der Waals surface area contributed by atoms with E-state index >= 15 is 0 Å². The molecule has 1 aliphatic heterocycles. The van der Waals surface area contributed by atoms with Gasteiger partial charge >= 0.3 is 12.1 Å². The number of anilines is 1. The van der Waals surface area contributed by atoms with Gasteiger partial charge in [-0.2, -0.15) is 13.2 Å². The summed E-state index contributed by atoms with van der Waals surface area (Å²) in [5, 5.41) is 14.9. The first-order valence-electron chi connectivity index (χ1n) is 8.85. The van der Waals surface area contributed by atoms with Crippen molar-refractivity contribution in [3.8, 4) is 11.3 Å². The van der Waals surface area contributed by atoms with Crippen LogP contribution in [0.4, 0.5) is 23.4 Å². The summed E-state index contributed by atoms with van der Waals surface area (Å²) in [6.45, 7) is 2.58. The van der Waals surface area contributed by atoms with Crippen LogP contribution >= 0.6 is 0 Å². The van der Waals surface area contributed by atoms with E-state index in [-0.39, 0.29) is 18.3 Å². The van der Waals surface area contributed by atoms with Crippen molar-refractivity contribution in [2.24, 2.45) is 0 Å². The molecule has 152 valence electrons. The smallest absolute Gasteiger partial charge is 0.416 e. The normalized spacial score (nSPS) is 15.7. The van der Waals surface area contributed by atoms with Gasteiger partial charge in [0.1, 0.15) is 5.82 Å². The Kier molecular flexibility index (Phi) is 5.14. The fraction of sp³-hybridized carbons (Fsp3) is 0.333. The van der Waals surface area contributed by atoms with E-state index in [1.54, 1.807) is 18.2 Å². The average Bonchev–Trinajstić information content (AvgIpc) is 3.18. The van der Waals surface area contributed by atoms with Gasteiger partial charge in [-0.05, 0) is 24.3 Å². The minimum Gasteiger partial charge on any atom is -0.416 e. The summed E-state index contributed by atoms with van der Waals surface area (Å²) in [4.78, 5) is 3.95. The molecule has 0 N–H and O–H groups in total. The van der Waals surface area contributed by atoms with E-state index in [4.69, 9.17) is 0 Å². The second-order valence-corrected chi connectivity index (χ2v) is 6.55. The molecule has 11 heteroatoms. The molecule has 0 bridgehead atoms. The number of piperazine rings is 1. The molecular weight excluding hydrogens is 392 g/mol. The lowest BCUT2D eigenvalue weighted by atomic mass is 10.1. The quantitative estimate of drug-likeness (QED) is 0.615. The van der Waals surface area contributed by atoms with Crippen LogP contribution in [0.2, 0.25) is 0 Å². The highest BCUT2D eigenvalue weighted by Gasteiger charge is 2.38. The summed E-state index contributed by atoms with van der Waals surface area (Å²) in [5.41, 5.74) is 1.22. The Labute approximate surface area is 163 Å². The number of hydrogen-bond donors (Lipinski definition) is 0. The van der Waals surface area contributed by atoms with Crippen molar-refractivity contribution in [3.05, 3.63) is 54.0 Å². The van der Waals surface area contributed by atoms with E-state index in [0.29, 0.717) is 43.3 Å². The third-order valence-electron chi connectivity index (χ3n) is 4.54. The van der Waals surface area contributed by atoms with Crippen LogP contribution < -0.4 is 4.90 Å². The summed E-state index contributed by atoms with van der Waals surface area (Å²) in [6, 6.07) is 9.72. The van der Waals surface area contributed by atoms with Gasteiger partial charge in [0, 0.05) is 31.7 Å². The molecule has 3 heterocycles. The Hall–Kier alpha value is -3.08. The monoisotopic (exact) mass is 408 g/mol. The van der Waals surface area contributed by atoms with Crippen LogP contribution in [0.1, 0.15) is 11.8 Å². The second-order valence-electron chi connectivity index (χ2n) is 6.55. The maximum atomic E-state index is 13.3. The molecule has 0 aliphatic carbocycles. The number of rotatable bonds is 4. The standard InChI is InChI=1S/C18H16F4N6O/c19-13-3-1-2-12(10-13)14-4-5-15(24-23-14)28-8-6-27(7-9-28)11-16-25-26-17(29-16)18(20,21)22/h1-5,10H,6-9,11H2. The van der Waals surface area contributed by atoms with Crippen LogP contribution in [0.15, 0.2) is 40.8 Å². The molecule has 29 heavy (non-hydrogen) atoms. The first-order chi connectivity index (χ1) is 13.9. The Balaban J connectivity index is 1.34. The van der Waals surface area contributed by atoms with Crippen LogP contribution in [0.3, 0.4) is 0 Å². The molecular formula is C18H16F4N6O. The summed E-state index contributed by atoms with van der Waals surface area (Å²) in [6.07, 6.45) is -4.64. The Morgan fingerprint density at radius 2 is 1.72 bits per heavy atom. The Morgan fingerprint density at radius 3 is 2.34 bits per heavy atom. The first kappa shape index (κ1) is 19.2. The molecule has 1 fully saturated rings. The third kappa shape index (κ3) is 4.50. The van der Waals surface area contributed by atoms with Crippen LogP contribution in [-0.4, -0.2) is 51.5 Å². The van der Waals surface area contributed by atoms with Crippen molar-refractivity contribution in [2.75, 3.05) is 31.1 Å². The fourth-order valence-electron chi connectivity index (χ4n) is 3.05. The van der Waals surface area contributed by atoms with Crippen LogP contribution in [-0.2, 0) is 12.7 Å². The van der Waals surface area contributed by atoms with Crippen LogP contribution in [0.5, 0.6) is 0 Å². The van der Waals surface area contributed by atoms with Gasteiger partial charge in [-0.1, -0.05) is 12.1 Å². The van der Waals surface area contributed by atoms with Gasteiger partial charge in [0.15, 0.2) is 5.82 Å². The van der Waals surface area contributed by atoms with E-state index in [1.807, 2.05) is 15.9 Å². The molecule has 1 aliphatic rings. The second kappa shape index (κ2) is 7.74. The van der Waals surface area contributed by atoms with Gasteiger partial charge in [0.2, 0.25) is 5.89 Å². The number of aromatic nitrogens is 4. The molecule has 0 unspecified atom stereocenters. The van der Waals surface area contributed by atoms with Gasteiger partial charge in [-0.3, -0.25) is 4.90 Å². The predicted octanol–water partition coefficient (Wildman–Crippen LogP) is 3.01. The zero-order valence-corrected chi connectivity index (χ0v) is 15.1. The minimum absolute atomic E-state index is 0.0648. The molecule has 3 aromatic rings. The summed E-state index contributed by atoms with van der Waals surface area (Å²) in [7, 11) is 0. The molecule has 2 aromatic heterocycles. The average molecular weight is 408 g/mol. The Morgan fingerprint density at radius 1 is 0.931 bits per heavy atom. The predicted molar refractivity (Wildman–Crippen MR) is 94.2 cm³/mol.